The molecule has 0 saturated heterocycles. The molecule has 0 radical (unpaired) electrons. The van der Waals surface area contributed by atoms with Crippen molar-refractivity contribution in [3.63, 3.8) is 0 Å². The number of hydrogen-bond acceptors (Lipinski definition) is 6. The molecule has 2 rings (SSSR count). The minimum atomic E-state index is -3.84. The van der Waals surface area contributed by atoms with Crippen molar-refractivity contribution >= 4 is 15.7 Å². The van der Waals surface area contributed by atoms with Crippen LogP contribution in [0.15, 0.2) is 64.7 Å². The third-order valence-electron chi connectivity index (χ3n) is 3.94. The molecular formula is C18H26N4O3S. The molecule has 1 aromatic carbocycles. The Bertz CT molecular complexity index is 829. The molecule has 26 heavy (non-hydrogen) atoms. The van der Waals surface area contributed by atoms with E-state index < -0.39 is 10.0 Å². The first-order valence-electron chi connectivity index (χ1n) is 8.55. The van der Waals surface area contributed by atoms with Crippen molar-refractivity contribution in [2.75, 3.05) is 5.01 Å². The number of unbranched alkanes of at least 4 members (excludes halogenated alkanes) is 1. The van der Waals surface area contributed by atoms with Crippen molar-refractivity contribution in [3.05, 3.63) is 59.8 Å². The number of aliphatic hydroxyl groups excluding tert-OH is 1. The van der Waals surface area contributed by atoms with Gasteiger partial charge in [0.2, 0.25) is 0 Å². The van der Waals surface area contributed by atoms with Crippen LogP contribution in [0.1, 0.15) is 39.0 Å². The lowest BCUT2D eigenvalue weighted by molar-refractivity contribution is 0.379. The van der Waals surface area contributed by atoms with Crippen molar-refractivity contribution in [1.29, 1.82) is 0 Å². The van der Waals surface area contributed by atoms with E-state index in [0.29, 0.717) is 24.2 Å². The van der Waals surface area contributed by atoms with E-state index in [-0.39, 0.29) is 16.4 Å². The molecule has 0 spiro atoms. The third kappa shape index (κ3) is 5.27. The number of hydrogen-bond donors (Lipinski definition) is 4. The average molecular weight is 378 g/mol. The Labute approximate surface area is 154 Å². The lowest BCUT2D eigenvalue weighted by atomic mass is 10.1. The molecule has 8 heteroatoms. The highest BCUT2D eigenvalue weighted by atomic mass is 32.2. The summed E-state index contributed by atoms with van der Waals surface area (Å²) < 4.78 is 27.6. The average Bonchev–Trinajstić information content (AvgIpc) is 2.62. The quantitative estimate of drug-likeness (QED) is 0.408. The molecule has 1 aliphatic carbocycles. The number of rotatable bonds is 8. The first-order chi connectivity index (χ1) is 12.3. The first kappa shape index (κ1) is 19.9. The van der Waals surface area contributed by atoms with Gasteiger partial charge in [0.15, 0.2) is 0 Å². The summed E-state index contributed by atoms with van der Waals surface area (Å²) in [6, 6.07) is 6.22. The fourth-order valence-corrected chi connectivity index (χ4v) is 3.59. The highest BCUT2D eigenvalue weighted by molar-refractivity contribution is 7.89. The Kier molecular flexibility index (Phi) is 6.70. The van der Waals surface area contributed by atoms with E-state index in [1.54, 1.807) is 30.5 Å². The molecule has 0 aromatic heterocycles. The summed E-state index contributed by atoms with van der Waals surface area (Å²) in [5.41, 5.74) is 7.24. The van der Waals surface area contributed by atoms with Crippen molar-refractivity contribution in [1.82, 2.24) is 4.72 Å². The minimum Gasteiger partial charge on any atom is -0.510 e. The van der Waals surface area contributed by atoms with Crippen molar-refractivity contribution in [2.45, 2.75) is 43.9 Å². The van der Waals surface area contributed by atoms with Crippen LogP contribution in [0.4, 0.5) is 5.69 Å². The van der Waals surface area contributed by atoms with Gasteiger partial charge in [-0.25, -0.2) is 14.3 Å². The molecule has 0 fully saturated rings. The molecule has 1 aromatic rings. The molecule has 0 heterocycles. The van der Waals surface area contributed by atoms with Crippen LogP contribution in [0.5, 0.6) is 0 Å². The molecule has 1 aliphatic rings. The molecule has 142 valence electrons. The Balaban J connectivity index is 2.21. The Morgan fingerprint density at radius 1 is 1.42 bits per heavy atom. The highest BCUT2D eigenvalue weighted by Crippen LogP contribution is 2.21. The molecule has 0 bridgehead atoms. The van der Waals surface area contributed by atoms with E-state index in [0.717, 1.165) is 19.3 Å². The largest absolute Gasteiger partial charge is 0.510 e. The fraction of sp³-hybridized carbons (Fsp3) is 0.333. The molecule has 0 saturated carbocycles. The molecule has 0 aliphatic heterocycles. The lowest BCUT2D eigenvalue weighted by Gasteiger charge is -2.17. The summed E-state index contributed by atoms with van der Waals surface area (Å²) >= 11 is 0. The number of benzene rings is 1. The minimum absolute atomic E-state index is 0.0271. The van der Waals surface area contributed by atoms with E-state index in [4.69, 9.17) is 11.6 Å². The summed E-state index contributed by atoms with van der Waals surface area (Å²) in [5, 5.41) is 11.2. The number of anilines is 1. The molecule has 6 N–H and O–H groups in total. The van der Waals surface area contributed by atoms with Gasteiger partial charge in [0.25, 0.3) is 10.0 Å². The maximum atomic E-state index is 12.6. The smallest absolute Gasteiger partial charge is 0.262 e. The number of hydrazine groups is 1. The molecule has 7 nitrogen and oxygen atoms in total. The van der Waals surface area contributed by atoms with Gasteiger partial charge in [0, 0.05) is 18.3 Å². The van der Waals surface area contributed by atoms with Gasteiger partial charge < -0.3 is 10.8 Å². The van der Waals surface area contributed by atoms with Crippen molar-refractivity contribution < 1.29 is 13.5 Å². The van der Waals surface area contributed by atoms with Gasteiger partial charge in [-0.05, 0) is 43.5 Å². The number of aliphatic hydroxyl groups is 1. The van der Waals surface area contributed by atoms with Crippen molar-refractivity contribution in [3.8, 4) is 0 Å². The first-order valence-corrected chi connectivity index (χ1v) is 10.0. The maximum Gasteiger partial charge on any atom is 0.262 e. The van der Waals surface area contributed by atoms with E-state index >= 15 is 0 Å². The SMILES string of the molecule is CCCC/C(N)=C/N(N)c1cccc(S(=O)(=O)NC2=C(O)CCC=C2)c1. The Hall–Kier alpha value is -2.45. The van der Waals surface area contributed by atoms with Crippen LogP contribution in [0.3, 0.4) is 0 Å². The number of nitrogens with one attached hydrogen (secondary N) is 1. The van der Waals surface area contributed by atoms with Gasteiger partial charge in [-0.3, -0.25) is 9.73 Å². The number of allylic oxidation sites excluding steroid dienone is 4. The van der Waals surface area contributed by atoms with Crippen LogP contribution in [0.2, 0.25) is 0 Å². The number of nitrogens with zero attached hydrogens (tertiary/aromatic N) is 1. The second-order valence-corrected chi connectivity index (χ2v) is 7.80. The van der Waals surface area contributed by atoms with Crippen LogP contribution in [-0.4, -0.2) is 13.5 Å². The summed E-state index contributed by atoms with van der Waals surface area (Å²) in [4.78, 5) is 0.0465. The molecule has 0 unspecified atom stereocenters. The van der Waals surface area contributed by atoms with E-state index in [9.17, 15) is 13.5 Å². The summed E-state index contributed by atoms with van der Waals surface area (Å²) in [5.74, 6) is 6.01. The van der Waals surface area contributed by atoms with E-state index in [1.807, 2.05) is 0 Å². The van der Waals surface area contributed by atoms with Gasteiger partial charge in [-0.1, -0.05) is 25.5 Å². The second-order valence-electron chi connectivity index (χ2n) is 6.12. The van der Waals surface area contributed by atoms with E-state index in [2.05, 4.69) is 11.6 Å². The monoisotopic (exact) mass is 378 g/mol. The maximum absolute atomic E-state index is 12.6. The van der Waals surface area contributed by atoms with E-state index in [1.165, 1.54) is 17.1 Å². The van der Waals surface area contributed by atoms with Gasteiger partial charge in [-0.2, -0.15) is 0 Å². The predicted octanol–water partition coefficient (Wildman–Crippen LogP) is 2.75. The predicted molar refractivity (Wildman–Crippen MR) is 103 cm³/mol. The van der Waals surface area contributed by atoms with Gasteiger partial charge >= 0.3 is 0 Å². The third-order valence-corrected chi connectivity index (χ3v) is 5.30. The molecule has 0 atom stereocenters. The topological polar surface area (TPSA) is 122 Å². The van der Waals surface area contributed by atoms with Crippen LogP contribution in [0, 0.1) is 0 Å². The van der Waals surface area contributed by atoms with Crippen LogP contribution >= 0.6 is 0 Å². The Morgan fingerprint density at radius 3 is 2.88 bits per heavy atom. The van der Waals surface area contributed by atoms with Crippen molar-refractivity contribution in [2.24, 2.45) is 11.6 Å². The summed E-state index contributed by atoms with van der Waals surface area (Å²) in [6.45, 7) is 2.07. The number of sulfonamides is 1. The zero-order valence-corrected chi connectivity index (χ0v) is 15.7. The van der Waals surface area contributed by atoms with Crippen LogP contribution in [-0.2, 0) is 10.0 Å². The van der Waals surface area contributed by atoms with Crippen LogP contribution in [0.25, 0.3) is 0 Å². The zero-order chi connectivity index (χ0) is 19.2. The van der Waals surface area contributed by atoms with Gasteiger partial charge in [0.1, 0.15) is 5.76 Å². The van der Waals surface area contributed by atoms with Gasteiger partial charge in [-0.15, -0.1) is 0 Å². The van der Waals surface area contributed by atoms with Gasteiger partial charge in [0.05, 0.1) is 16.3 Å². The summed E-state index contributed by atoms with van der Waals surface area (Å²) in [7, 11) is -3.84. The standard InChI is InChI=1S/C18H26N4O3S/c1-2-3-7-14(19)13-22(20)15-8-6-9-16(12-15)26(24,25)21-17-10-4-5-11-18(17)23/h4,6,8-10,12-13,21,23H,2-3,5,7,11,19-20H2,1H3/b14-13-. The zero-order valence-electron chi connectivity index (χ0n) is 14.9. The molecule has 0 amide bonds. The summed E-state index contributed by atoms with van der Waals surface area (Å²) in [6.07, 6.45) is 8.76. The fourth-order valence-electron chi connectivity index (χ4n) is 2.46. The number of nitrogens with two attached hydrogens (primary N) is 2. The van der Waals surface area contributed by atoms with Crippen LogP contribution < -0.4 is 21.3 Å². The second kappa shape index (κ2) is 8.77. The lowest BCUT2D eigenvalue weighted by Crippen LogP contribution is -2.27. The highest BCUT2D eigenvalue weighted by Gasteiger charge is 2.18. The Morgan fingerprint density at radius 2 is 2.19 bits per heavy atom. The molecular weight excluding hydrogens is 352 g/mol. The normalized spacial score (nSPS) is 15.2.